The van der Waals surface area contributed by atoms with Crippen LogP contribution in [0.15, 0.2) is 24.7 Å². The number of ether oxygens (including phenoxy) is 2. The van der Waals surface area contributed by atoms with Crippen molar-refractivity contribution in [3.8, 4) is 11.4 Å². The second kappa shape index (κ2) is 7.97. The highest BCUT2D eigenvalue weighted by molar-refractivity contribution is 6.33. The average molecular weight is 446 g/mol. The fourth-order valence-electron chi connectivity index (χ4n) is 4.22. The molecular weight excluding hydrogens is 425 g/mol. The third-order valence-corrected chi connectivity index (χ3v) is 6.16. The number of amides is 1. The molecule has 3 aromatic rings. The summed E-state index contributed by atoms with van der Waals surface area (Å²) < 4.78 is 29.0. The van der Waals surface area contributed by atoms with Gasteiger partial charge in [0.2, 0.25) is 0 Å². The Kier molecular flexibility index (Phi) is 5.15. The number of imidazole rings is 1. The van der Waals surface area contributed by atoms with E-state index >= 15 is 0 Å². The Morgan fingerprint density at radius 3 is 3.06 bits per heavy atom. The number of methoxy groups -OCH3 is 1. The van der Waals surface area contributed by atoms with Crippen molar-refractivity contribution in [2.75, 3.05) is 13.7 Å². The highest BCUT2D eigenvalue weighted by atomic mass is 35.5. The Labute approximate surface area is 182 Å². The van der Waals surface area contributed by atoms with Gasteiger partial charge >= 0.3 is 0 Å². The van der Waals surface area contributed by atoms with Crippen molar-refractivity contribution < 1.29 is 18.7 Å². The normalized spacial score (nSPS) is 17.7. The smallest absolute Gasteiger partial charge is 0.272 e. The number of fused-ring (bicyclic) bond motifs is 2. The molecule has 1 aromatic carbocycles. The number of aromatic nitrogens is 4. The van der Waals surface area contributed by atoms with Crippen LogP contribution in [0.5, 0.6) is 5.75 Å². The van der Waals surface area contributed by atoms with Gasteiger partial charge in [0.1, 0.15) is 22.2 Å². The predicted molar refractivity (Wildman–Crippen MR) is 110 cm³/mol. The lowest BCUT2D eigenvalue weighted by Crippen LogP contribution is -2.35. The number of rotatable bonds is 4. The Morgan fingerprint density at radius 1 is 1.35 bits per heavy atom. The number of aryl methyl sites for hydroxylation is 1. The SMILES string of the molecule is COc1ccc(F)c(-n2ncc3c2COC[C@@H]3NC(=O)c2ncn3c2CCCC3)c1Cl. The summed E-state index contributed by atoms with van der Waals surface area (Å²) in [6, 6.07) is 2.31. The van der Waals surface area contributed by atoms with Crippen LogP contribution in [0, 0.1) is 5.82 Å². The maximum Gasteiger partial charge on any atom is 0.272 e. The predicted octanol–water partition coefficient (Wildman–Crippen LogP) is 3.21. The third-order valence-electron chi connectivity index (χ3n) is 5.79. The Balaban J connectivity index is 1.46. The highest BCUT2D eigenvalue weighted by Gasteiger charge is 2.30. The molecule has 0 aliphatic carbocycles. The van der Waals surface area contributed by atoms with Crippen molar-refractivity contribution in [2.24, 2.45) is 0 Å². The molecule has 0 fully saturated rings. The number of carbonyl (C=O) groups excluding carboxylic acids is 1. The molecule has 4 heterocycles. The molecular formula is C21H21ClFN5O3. The molecule has 8 nitrogen and oxygen atoms in total. The number of nitrogens with zero attached hydrogens (tertiary/aromatic N) is 4. The number of benzene rings is 1. The second-order valence-electron chi connectivity index (χ2n) is 7.60. The minimum Gasteiger partial charge on any atom is -0.495 e. The van der Waals surface area contributed by atoms with Crippen molar-refractivity contribution in [3.05, 3.63) is 58.1 Å². The van der Waals surface area contributed by atoms with Crippen LogP contribution in [0.25, 0.3) is 5.69 Å². The number of halogens is 2. The van der Waals surface area contributed by atoms with Crippen LogP contribution in [0.2, 0.25) is 5.02 Å². The average Bonchev–Trinajstić information content (AvgIpc) is 3.39. The van der Waals surface area contributed by atoms with Gasteiger partial charge in [-0.2, -0.15) is 5.10 Å². The fraction of sp³-hybridized carbons (Fsp3) is 0.381. The second-order valence-corrected chi connectivity index (χ2v) is 7.98. The summed E-state index contributed by atoms with van der Waals surface area (Å²) >= 11 is 6.36. The topological polar surface area (TPSA) is 83.2 Å². The monoisotopic (exact) mass is 445 g/mol. The first kappa shape index (κ1) is 20.0. The number of hydrogen-bond acceptors (Lipinski definition) is 5. The molecule has 1 N–H and O–H groups in total. The summed E-state index contributed by atoms with van der Waals surface area (Å²) in [6.07, 6.45) is 6.30. The zero-order valence-corrected chi connectivity index (χ0v) is 17.7. The van der Waals surface area contributed by atoms with Crippen LogP contribution in [-0.4, -0.2) is 39.0 Å². The Bertz CT molecular complexity index is 1160. The van der Waals surface area contributed by atoms with E-state index < -0.39 is 11.9 Å². The highest BCUT2D eigenvalue weighted by Crippen LogP contribution is 2.35. The first-order chi connectivity index (χ1) is 15.1. The summed E-state index contributed by atoms with van der Waals surface area (Å²) in [4.78, 5) is 17.3. The number of carbonyl (C=O) groups is 1. The molecule has 0 bridgehead atoms. The van der Waals surface area contributed by atoms with Gasteiger partial charge in [-0.1, -0.05) is 11.6 Å². The molecule has 1 atom stereocenters. The van der Waals surface area contributed by atoms with Crippen LogP contribution in [0.3, 0.4) is 0 Å². The van der Waals surface area contributed by atoms with Crippen LogP contribution in [0.4, 0.5) is 4.39 Å². The lowest BCUT2D eigenvalue weighted by molar-refractivity contribution is 0.0683. The van der Waals surface area contributed by atoms with Gasteiger partial charge in [-0.25, -0.2) is 14.1 Å². The van der Waals surface area contributed by atoms with Crippen LogP contribution < -0.4 is 10.1 Å². The zero-order valence-electron chi connectivity index (χ0n) is 16.9. The molecule has 10 heteroatoms. The van der Waals surface area contributed by atoms with E-state index in [1.54, 1.807) is 12.5 Å². The van der Waals surface area contributed by atoms with Crippen molar-refractivity contribution in [1.82, 2.24) is 24.6 Å². The van der Waals surface area contributed by atoms with E-state index in [2.05, 4.69) is 15.4 Å². The molecule has 0 radical (unpaired) electrons. The summed E-state index contributed by atoms with van der Waals surface area (Å²) in [5.41, 5.74) is 2.87. The van der Waals surface area contributed by atoms with Crippen LogP contribution >= 0.6 is 11.6 Å². The van der Waals surface area contributed by atoms with Crippen LogP contribution in [0.1, 0.15) is 46.3 Å². The van der Waals surface area contributed by atoms with E-state index in [0.717, 1.165) is 37.1 Å². The van der Waals surface area contributed by atoms with Crippen molar-refractivity contribution >= 4 is 17.5 Å². The molecule has 2 aromatic heterocycles. The lowest BCUT2D eigenvalue weighted by Gasteiger charge is -2.25. The molecule has 1 amide bonds. The molecule has 2 aliphatic rings. The van der Waals surface area contributed by atoms with E-state index in [-0.39, 0.29) is 29.8 Å². The molecule has 5 rings (SSSR count). The first-order valence-corrected chi connectivity index (χ1v) is 10.5. The van der Waals surface area contributed by atoms with Crippen molar-refractivity contribution in [1.29, 1.82) is 0 Å². The number of hydrogen-bond donors (Lipinski definition) is 1. The zero-order chi connectivity index (χ0) is 21.5. The summed E-state index contributed by atoms with van der Waals surface area (Å²) in [6.45, 7) is 1.38. The maximum absolute atomic E-state index is 14.6. The van der Waals surface area contributed by atoms with E-state index in [4.69, 9.17) is 21.1 Å². The van der Waals surface area contributed by atoms with E-state index in [1.807, 2.05) is 4.57 Å². The lowest BCUT2D eigenvalue weighted by atomic mass is 10.0. The standard InChI is InChI=1S/C21H21ClFN5O3/c1-30-17-6-5-13(23)20(18(17)22)28-16-10-31-9-14(12(16)8-25-28)26-21(29)19-15-4-2-3-7-27(15)11-24-19/h5-6,8,11,14H,2-4,7,9-10H2,1H3,(H,26,29)/t14-/m0/s1. The largest absolute Gasteiger partial charge is 0.495 e. The van der Waals surface area contributed by atoms with Crippen molar-refractivity contribution in [2.45, 2.75) is 38.5 Å². The first-order valence-electron chi connectivity index (χ1n) is 10.1. The molecule has 0 saturated heterocycles. The fourth-order valence-corrected chi connectivity index (χ4v) is 4.54. The van der Waals surface area contributed by atoms with Gasteiger partial charge in [0, 0.05) is 12.1 Å². The van der Waals surface area contributed by atoms with Crippen LogP contribution in [-0.2, 0) is 24.3 Å². The summed E-state index contributed by atoms with van der Waals surface area (Å²) in [7, 11) is 1.46. The third kappa shape index (κ3) is 3.37. The molecule has 31 heavy (non-hydrogen) atoms. The minimum atomic E-state index is -0.535. The van der Waals surface area contributed by atoms with Gasteiger partial charge in [-0.05, 0) is 31.4 Å². The van der Waals surface area contributed by atoms with Gasteiger partial charge in [0.05, 0.1) is 50.3 Å². The molecule has 0 saturated carbocycles. The van der Waals surface area contributed by atoms with Gasteiger partial charge in [0.15, 0.2) is 5.82 Å². The quantitative estimate of drug-likeness (QED) is 0.666. The minimum absolute atomic E-state index is 0.0843. The maximum atomic E-state index is 14.6. The number of nitrogens with one attached hydrogen (secondary N) is 1. The summed E-state index contributed by atoms with van der Waals surface area (Å²) in [5.74, 6) is -0.448. The van der Waals surface area contributed by atoms with Gasteiger partial charge < -0.3 is 19.4 Å². The summed E-state index contributed by atoms with van der Waals surface area (Å²) in [5, 5.41) is 7.46. The van der Waals surface area contributed by atoms with Crippen molar-refractivity contribution in [3.63, 3.8) is 0 Å². The van der Waals surface area contributed by atoms with E-state index in [1.165, 1.54) is 23.9 Å². The Hall–Kier alpha value is -2.91. The molecule has 162 valence electrons. The molecule has 0 spiro atoms. The van der Waals surface area contributed by atoms with Gasteiger partial charge in [-0.15, -0.1) is 0 Å². The van der Waals surface area contributed by atoms with E-state index in [0.29, 0.717) is 17.1 Å². The Morgan fingerprint density at radius 2 is 2.23 bits per heavy atom. The van der Waals surface area contributed by atoms with Gasteiger partial charge in [-0.3, -0.25) is 4.79 Å². The molecule has 0 unspecified atom stereocenters. The van der Waals surface area contributed by atoms with Gasteiger partial charge in [0.25, 0.3) is 5.91 Å². The molecule has 2 aliphatic heterocycles. The van der Waals surface area contributed by atoms with E-state index in [9.17, 15) is 9.18 Å².